The van der Waals surface area contributed by atoms with Gasteiger partial charge in [0, 0.05) is 19.1 Å². The number of alkyl halides is 1. The third-order valence-electron chi connectivity index (χ3n) is 2.81. The Kier molecular flexibility index (Phi) is 4.69. The lowest BCUT2D eigenvalue weighted by atomic mass is 10.2. The van der Waals surface area contributed by atoms with E-state index in [0.717, 1.165) is 32.6 Å². The quantitative estimate of drug-likeness (QED) is 0.650. The predicted octanol–water partition coefficient (Wildman–Crippen LogP) is 1.17. The van der Waals surface area contributed by atoms with Gasteiger partial charge < -0.3 is 9.80 Å². The predicted molar refractivity (Wildman–Crippen MR) is 58.6 cm³/mol. The highest BCUT2D eigenvalue weighted by Gasteiger charge is 2.23. The molecule has 3 nitrogen and oxygen atoms in total. The van der Waals surface area contributed by atoms with Gasteiger partial charge in [0.15, 0.2) is 0 Å². The maximum absolute atomic E-state index is 11.5. The number of hydrogen-bond donors (Lipinski definition) is 0. The Morgan fingerprint density at radius 1 is 1.50 bits per heavy atom. The van der Waals surface area contributed by atoms with Gasteiger partial charge in [0.2, 0.25) is 5.91 Å². The highest BCUT2D eigenvalue weighted by Crippen LogP contribution is 2.10. The Labute approximate surface area is 91.0 Å². The summed E-state index contributed by atoms with van der Waals surface area (Å²) in [4.78, 5) is 15.8. The molecule has 0 aliphatic carbocycles. The molecule has 0 radical (unpaired) electrons. The second-order valence-electron chi connectivity index (χ2n) is 3.82. The summed E-state index contributed by atoms with van der Waals surface area (Å²) in [5.74, 6) is 0.174. The fraction of sp³-hybridized carbons (Fsp3) is 0.900. The lowest BCUT2D eigenvalue weighted by Crippen LogP contribution is -2.43. The molecule has 0 spiro atoms. The van der Waals surface area contributed by atoms with Gasteiger partial charge in [-0.25, -0.2) is 0 Å². The van der Waals surface area contributed by atoms with Gasteiger partial charge in [-0.2, -0.15) is 0 Å². The molecule has 1 atom stereocenters. The number of amides is 1. The second kappa shape index (κ2) is 5.56. The monoisotopic (exact) mass is 218 g/mol. The van der Waals surface area contributed by atoms with Crippen molar-refractivity contribution in [1.82, 2.24) is 9.80 Å². The Bertz CT molecular complexity index is 199. The molecule has 0 N–H and O–H groups in total. The highest BCUT2D eigenvalue weighted by molar-refractivity contribution is 6.27. The summed E-state index contributed by atoms with van der Waals surface area (Å²) in [6, 6.07) is 0.295. The summed E-state index contributed by atoms with van der Waals surface area (Å²) in [7, 11) is 0. The van der Waals surface area contributed by atoms with Crippen LogP contribution in [0.4, 0.5) is 0 Å². The van der Waals surface area contributed by atoms with Gasteiger partial charge in [0.25, 0.3) is 0 Å². The topological polar surface area (TPSA) is 23.6 Å². The third kappa shape index (κ3) is 2.85. The van der Waals surface area contributed by atoms with E-state index in [4.69, 9.17) is 11.6 Å². The van der Waals surface area contributed by atoms with E-state index >= 15 is 0 Å². The van der Waals surface area contributed by atoms with Crippen LogP contribution in [-0.2, 0) is 4.79 Å². The van der Waals surface area contributed by atoms with E-state index in [1.54, 1.807) is 0 Å². The summed E-state index contributed by atoms with van der Waals surface area (Å²) in [6.07, 6.45) is 1.06. The zero-order valence-corrected chi connectivity index (χ0v) is 9.76. The average molecular weight is 219 g/mol. The molecule has 14 heavy (non-hydrogen) atoms. The van der Waals surface area contributed by atoms with Crippen molar-refractivity contribution >= 4 is 17.5 Å². The van der Waals surface area contributed by atoms with E-state index in [1.165, 1.54) is 0 Å². The zero-order valence-electron chi connectivity index (χ0n) is 9.00. The molecule has 82 valence electrons. The van der Waals surface area contributed by atoms with Crippen LogP contribution in [0.1, 0.15) is 20.3 Å². The largest absolute Gasteiger partial charge is 0.338 e. The molecular formula is C10H19ClN2O. The van der Waals surface area contributed by atoms with E-state index < -0.39 is 0 Å². The van der Waals surface area contributed by atoms with Crippen molar-refractivity contribution in [2.45, 2.75) is 26.3 Å². The smallest absolute Gasteiger partial charge is 0.237 e. The van der Waals surface area contributed by atoms with Crippen LogP contribution in [0.5, 0.6) is 0 Å². The second-order valence-corrected chi connectivity index (χ2v) is 4.08. The average Bonchev–Trinajstić information content (AvgIpc) is 2.38. The SMILES string of the molecule is CCN1CCCN(C(=O)CCl)C(C)C1. The number of rotatable bonds is 2. The molecule has 1 aliphatic rings. The van der Waals surface area contributed by atoms with Crippen LogP contribution in [0.2, 0.25) is 0 Å². The number of halogens is 1. The lowest BCUT2D eigenvalue weighted by molar-refractivity contribution is -0.130. The Morgan fingerprint density at radius 3 is 2.79 bits per heavy atom. The molecule has 0 aromatic carbocycles. The van der Waals surface area contributed by atoms with Crippen molar-refractivity contribution in [2.75, 3.05) is 32.1 Å². The van der Waals surface area contributed by atoms with Crippen molar-refractivity contribution in [2.24, 2.45) is 0 Å². The summed E-state index contributed by atoms with van der Waals surface area (Å²) < 4.78 is 0. The molecule has 1 fully saturated rings. The Balaban J connectivity index is 2.57. The summed E-state index contributed by atoms with van der Waals surface area (Å²) in [5.41, 5.74) is 0. The standard InChI is InChI=1S/C10H19ClN2O/c1-3-12-5-4-6-13(9(2)8-12)10(14)7-11/h9H,3-8H2,1-2H3. The van der Waals surface area contributed by atoms with Crippen LogP contribution in [-0.4, -0.2) is 53.8 Å². The summed E-state index contributed by atoms with van der Waals surface area (Å²) >= 11 is 5.57. The van der Waals surface area contributed by atoms with Crippen LogP contribution in [0.3, 0.4) is 0 Å². The first-order valence-corrected chi connectivity index (χ1v) is 5.80. The number of carbonyl (C=O) groups excluding carboxylic acids is 1. The van der Waals surface area contributed by atoms with Crippen molar-refractivity contribution in [1.29, 1.82) is 0 Å². The molecule has 1 unspecified atom stereocenters. The van der Waals surface area contributed by atoms with Gasteiger partial charge >= 0.3 is 0 Å². The van der Waals surface area contributed by atoms with Crippen LogP contribution < -0.4 is 0 Å². The number of hydrogen-bond acceptors (Lipinski definition) is 2. The van der Waals surface area contributed by atoms with Crippen LogP contribution >= 0.6 is 11.6 Å². The number of nitrogens with zero attached hydrogens (tertiary/aromatic N) is 2. The van der Waals surface area contributed by atoms with E-state index in [9.17, 15) is 4.79 Å². The molecular weight excluding hydrogens is 200 g/mol. The van der Waals surface area contributed by atoms with Gasteiger partial charge in [0.05, 0.1) is 0 Å². The van der Waals surface area contributed by atoms with Crippen molar-refractivity contribution in [3.8, 4) is 0 Å². The minimum absolute atomic E-state index is 0.0668. The molecule has 1 saturated heterocycles. The molecule has 1 aliphatic heterocycles. The van der Waals surface area contributed by atoms with Crippen LogP contribution in [0.25, 0.3) is 0 Å². The van der Waals surface area contributed by atoms with Crippen LogP contribution in [0, 0.1) is 0 Å². The van der Waals surface area contributed by atoms with Crippen molar-refractivity contribution in [3.05, 3.63) is 0 Å². The molecule has 0 aromatic rings. The first-order chi connectivity index (χ1) is 6.69. The van der Waals surface area contributed by atoms with Gasteiger partial charge in [-0.1, -0.05) is 6.92 Å². The molecule has 0 aromatic heterocycles. The first-order valence-electron chi connectivity index (χ1n) is 5.26. The van der Waals surface area contributed by atoms with E-state index in [-0.39, 0.29) is 11.8 Å². The molecule has 0 bridgehead atoms. The van der Waals surface area contributed by atoms with E-state index in [2.05, 4.69) is 18.7 Å². The minimum Gasteiger partial charge on any atom is -0.338 e. The summed E-state index contributed by atoms with van der Waals surface area (Å²) in [6.45, 7) is 8.23. The molecule has 1 rings (SSSR count). The highest BCUT2D eigenvalue weighted by atomic mass is 35.5. The molecule has 1 amide bonds. The summed E-state index contributed by atoms with van der Waals surface area (Å²) in [5, 5.41) is 0. The Morgan fingerprint density at radius 2 is 2.21 bits per heavy atom. The fourth-order valence-corrected chi connectivity index (χ4v) is 2.14. The van der Waals surface area contributed by atoms with Gasteiger partial charge in [-0.15, -0.1) is 11.6 Å². The van der Waals surface area contributed by atoms with Crippen molar-refractivity contribution in [3.63, 3.8) is 0 Å². The van der Waals surface area contributed by atoms with Gasteiger partial charge in [-0.3, -0.25) is 4.79 Å². The third-order valence-corrected chi connectivity index (χ3v) is 3.04. The molecule has 4 heteroatoms. The van der Waals surface area contributed by atoms with E-state index in [1.807, 2.05) is 4.90 Å². The van der Waals surface area contributed by atoms with Gasteiger partial charge in [0.1, 0.15) is 5.88 Å². The molecule has 0 saturated carbocycles. The fourth-order valence-electron chi connectivity index (χ4n) is 1.98. The number of carbonyl (C=O) groups is 1. The molecule has 1 heterocycles. The normalized spacial score (nSPS) is 24.8. The van der Waals surface area contributed by atoms with Crippen molar-refractivity contribution < 1.29 is 4.79 Å². The van der Waals surface area contributed by atoms with E-state index in [0.29, 0.717) is 6.04 Å². The maximum Gasteiger partial charge on any atom is 0.237 e. The number of likely N-dealkylation sites (N-methyl/N-ethyl adjacent to an activating group) is 1. The Hall–Kier alpha value is -0.280. The maximum atomic E-state index is 11.5. The van der Waals surface area contributed by atoms with Gasteiger partial charge in [-0.05, 0) is 26.4 Å². The zero-order chi connectivity index (χ0) is 10.6. The van der Waals surface area contributed by atoms with Crippen LogP contribution in [0.15, 0.2) is 0 Å². The lowest BCUT2D eigenvalue weighted by Gasteiger charge is -2.28. The first kappa shape index (κ1) is 11.8. The minimum atomic E-state index is 0.0668.